The molecule has 0 radical (unpaired) electrons. The van der Waals surface area contributed by atoms with Gasteiger partial charge in [0.2, 0.25) is 10.0 Å². The summed E-state index contributed by atoms with van der Waals surface area (Å²) < 4.78 is 25.9. The van der Waals surface area contributed by atoms with Crippen LogP contribution in [-0.4, -0.2) is 47.0 Å². The summed E-state index contributed by atoms with van der Waals surface area (Å²) >= 11 is 4.76. The van der Waals surface area contributed by atoms with E-state index in [-0.39, 0.29) is 29.1 Å². The number of nitrogens with two attached hydrogens (primary N) is 1. The largest absolute Gasteiger partial charge is 0.395 e. The molecule has 0 saturated heterocycles. The Kier molecular flexibility index (Phi) is 5.36. The van der Waals surface area contributed by atoms with E-state index in [1.807, 2.05) is 0 Å². The van der Waals surface area contributed by atoms with Crippen molar-refractivity contribution >= 4 is 27.2 Å². The van der Waals surface area contributed by atoms with Crippen LogP contribution in [0.2, 0.25) is 0 Å². The van der Waals surface area contributed by atoms with Gasteiger partial charge in [0.15, 0.2) is 0 Å². The molecule has 1 aromatic heterocycles. The Labute approximate surface area is 118 Å². The first kappa shape index (κ1) is 16.0. The fourth-order valence-corrected chi connectivity index (χ4v) is 3.26. The van der Waals surface area contributed by atoms with Crippen LogP contribution in [0.3, 0.4) is 0 Å². The molecule has 106 valence electrons. The summed E-state index contributed by atoms with van der Waals surface area (Å²) in [4.78, 5) is 4.07. The van der Waals surface area contributed by atoms with Crippen molar-refractivity contribution in [3.05, 3.63) is 24.0 Å². The molecule has 0 aliphatic rings. The fourth-order valence-electron chi connectivity index (χ4n) is 1.57. The van der Waals surface area contributed by atoms with Crippen molar-refractivity contribution in [2.24, 2.45) is 5.73 Å². The van der Waals surface area contributed by atoms with Gasteiger partial charge in [-0.2, -0.15) is 4.31 Å². The van der Waals surface area contributed by atoms with Crippen LogP contribution < -0.4 is 5.73 Å². The number of thiocarbonyl (C=S) groups is 1. The van der Waals surface area contributed by atoms with Crippen molar-refractivity contribution in [1.82, 2.24) is 9.29 Å². The van der Waals surface area contributed by atoms with Crippen LogP contribution in [0.4, 0.5) is 0 Å². The number of sulfonamides is 1. The number of aliphatic hydroxyl groups excluding tert-OH is 1. The third-order valence-corrected chi connectivity index (χ3v) is 4.76. The number of aromatic nitrogens is 1. The van der Waals surface area contributed by atoms with Gasteiger partial charge in [-0.1, -0.05) is 12.2 Å². The van der Waals surface area contributed by atoms with Crippen molar-refractivity contribution in [1.29, 1.82) is 0 Å². The van der Waals surface area contributed by atoms with Crippen LogP contribution >= 0.6 is 12.2 Å². The van der Waals surface area contributed by atoms with Crippen LogP contribution in [0.15, 0.2) is 23.2 Å². The summed E-state index contributed by atoms with van der Waals surface area (Å²) in [6.45, 7) is 3.28. The first-order valence-corrected chi connectivity index (χ1v) is 7.54. The summed E-state index contributed by atoms with van der Waals surface area (Å²) in [6.07, 6.45) is 1.22. The second-order valence-corrected chi connectivity index (χ2v) is 6.51. The molecule has 0 atom stereocenters. The molecule has 0 amide bonds. The standard InChI is InChI=1S/C11H17N3O3S2/c1-8(2)14(5-6-15)19(16,17)9-3-4-10(11(12)18)13-7-9/h3-4,7-8,15H,5-6H2,1-2H3,(H2,12,18). The van der Waals surface area contributed by atoms with E-state index in [0.717, 1.165) is 0 Å². The molecule has 1 heterocycles. The quantitative estimate of drug-likeness (QED) is 0.724. The van der Waals surface area contributed by atoms with Crippen molar-refractivity contribution in [3.63, 3.8) is 0 Å². The Morgan fingerprint density at radius 3 is 2.53 bits per heavy atom. The van der Waals surface area contributed by atoms with Gasteiger partial charge in [-0.3, -0.25) is 4.98 Å². The van der Waals surface area contributed by atoms with E-state index < -0.39 is 10.0 Å². The summed E-state index contributed by atoms with van der Waals surface area (Å²) in [5.74, 6) is 0. The number of aliphatic hydroxyl groups is 1. The number of rotatable bonds is 6. The molecule has 1 rings (SSSR count). The first-order chi connectivity index (χ1) is 8.80. The number of pyridine rings is 1. The molecule has 0 fully saturated rings. The Balaban J connectivity index is 3.14. The van der Waals surface area contributed by atoms with E-state index in [1.165, 1.54) is 22.6 Å². The van der Waals surface area contributed by atoms with Crippen LogP contribution in [0.25, 0.3) is 0 Å². The predicted octanol–water partition coefficient (Wildman–Crippen LogP) is 0.107. The number of hydrogen-bond donors (Lipinski definition) is 2. The molecular weight excluding hydrogens is 286 g/mol. The second kappa shape index (κ2) is 6.38. The minimum absolute atomic E-state index is 0.0387. The normalized spacial score (nSPS) is 12.1. The van der Waals surface area contributed by atoms with Gasteiger partial charge in [-0.05, 0) is 26.0 Å². The third kappa shape index (κ3) is 3.69. The third-order valence-electron chi connectivity index (χ3n) is 2.49. The molecule has 3 N–H and O–H groups in total. The van der Waals surface area contributed by atoms with Crippen molar-refractivity contribution in [2.45, 2.75) is 24.8 Å². The number of nitrogens with zero attached hydrogens (tertiary/aromatic N) is 2. The Morgan fingerprint density at radius 2 is 2.16 bits per heavy atom. The van der Waals surface area contributed by atoms with Gasteiger partial charge in [0.1, 0.15) is 9.88 Å². The highest BCUT2D eigenvalue weighted by Crippen LogP contribution is 2.17. The van der Waals surface area contributed by atoms with E-state index in [4.69, 9.17) is 23.1 Å². The van der Waals surface area contributed by atoms with E-state index >= 15 is 0 Å². The number of hydrogen-bond acceptors (Lipinski definition) is 5. The minimum atomic E-state index is -3.68. The maximum Gasteiger partial charge on any atom is 0.244 e. The van der Waals surface area contributed by atoms with Gasteiger partial charge >= 0.3 is 0 Å². The second-order valence-electron chi connectivity index (χ2n) is 4.18. The molecule has 0 aromatic carbocycles. The first-order valence-electron chi connectivity index (χ1n) is 5.69. The maximum atomic E-state index is 12.4. The van der Waals surface area contributed by atoms with Gasteiger partial charge in [0.05, 0.1) is 12.3 Å². The average Bonchev–Trinajstić information content (AvgIpc) is 2.35. The highest BCUT2D eigenvalue weighted by Gasteiger charge is 2.26. The fraction of sp³-hybridized carbons (Fsp3) is 0.455. The molecule has 0 saturated carbocycles. The molecule has 8 heteroatoms. The Hall–Kier alpha value is -1.09. The van der Waals surface area contributed by atoms with E-state index in [1.54, 1.807) is 13.8 Å². The Morgan fingerprint density at radius 1 is 1.53 bits per heavy atom. The molecule has 0 bridgehead atoms. The van der Waals surface area contributed by atoms with Gasteiger partial charge in [-0.25, -0.2) is 8.42 Å². The summed E-state index contributed by atoms with van der Waals surface area (Å²) in [6, 6.07) is 2.61. The lowest BCUT2D eigenvalue weighted by Crippen LogP contribution is -2.39. The summed E-state index contributed by atoms with van der Waals surface area (Å²) in [7, 11) is -3.68. The molecular formula is C11H17N3O3S2. The molecule has 0 spiro atoms. The molecule has 19 heavy (non-hydrogen) atoms. The van der Waals surface area contributed by atoms with Crippen molar-refractivity contribution in [2.75, 3.05) is 13.2 Å². The topological polar surface area (TPSA) is 96.5 Å². The highest BCUT2D eigenvalue weighted by molar-refractivity contribution is 7.89. The smallest absolute Gasteiger partial charge is 0.244 e. The molecule has 0 aliphatic heterocycles. The van der Waals surface area contributed by atoms with Crippen LogP contribution in [0.1, 0.15) is 19.5 Å². The van der Waals surface area contributed by atoms with E-state index in [0.29, 0.717) is 5.69 Å². The average molecular weight is 303 g/mol. The van der Waals surface area contributed by atoms with Crippen LogP contribution in [-0.2, 0) is 10.0 Å². The molecule has 0 unspecified atom stereocenters. The lowest BCUT2D eigenvalue weighted by Gasteiger charge is -2.24. The van der Waals surface area contributed by atoms with Gasteiger partial charge in [0, 0.05) is 18.8 Å². The molecule has 6 nitrogen and oxygen atoms in total. The van der Waals surface area contributed by atoms with Crippen LogP contribution in [0.5, 0.6) is 0 Å². The highest BCUT2D eigenvalue weighted by atomic mass is 32.2. The lowest BCUT2D eigenvalue weighted by molar-refractivity contribution is 0.236. The Bertz CT molecular complexity index is 541. The molecule has 1 aromatic rings. The minimum Gasteiger partial charge on any atom is -0.395 e. The SMILES string of the molecule is CC(C)N(CCO)S(=O)(=O)c1ccc(C(N)=S)nc1. The van der Waals surface area contributed by atoms with Crippen molar-refractivity contribution < 1.29 is 13.5 Å². The zero-order valence-electron chi connectivity index (χ0n) is 10.8. The summed E-state index contributed by atoms with van der Waals surface area (Å²) in [5.41, 5.74) is 5.77. The van der Waals surface area contributed by atoms with E-state index in [2.05, 4.69) is 4.98 Å². The van der Waals surface area contributed by atoms with E-state index in [9.17, 15) is 8.42 Å². The maximum absolute atomic E-state index is 12.4. The van der Waals surface area contributed by atoms with Gasteiger partial charge in [0.25, 0.3) is 0 Å². The molecule has 0 aliphatic carbocycles. The lowest BCUT2D eigenvalue weighted by atomic mass is 10.3. The zero-order valence-corrected chi connectivity index (χ0v) is 12.4. The zero-order chi connectivity index (χ0) is 14.6. The summed E-state index contributed by atoms with van der Waals surface area (Å²) in [5, 5.41) is 8.96. The van der Waals surface area contributed by atoms with Crippen molar-refractivity contribution in [3.8, 4) is 0 Å². The van der Waals surface area contributed by atoms with Gasteiger partial charge in [-0.15, -0.1) is 0 Å². The van der Waals surface area contributed by atoms with Crippen LogP contribution in [0, 0.1) is 0 Å². The predicted molar refractivity (Wildman–Crippen MR) is 76.2 cm³/mol. The van der Waals surface area contributed by atoms with Gasteiger partial charge < -0.3 is 10.8 Å². The monoisotopic (exact) mass is 303 g/mol.